The van der Waals surface area contributed by atoms with E-state index in [1.165, 1.54) is 32.4 Å². The lowest BCUT2D eigenvalue weighted by atomic mass is 9.95. The maximum atomic E-state index is 13.8. The van der Waals surface area contributed by atoms with Crippen LogP contribution in [0.3, 0.4) is 0 Å². The quantitative estimate of drug-likeness (QED) is 0.546. The van der Waals surface area contributed by atoms with Crippen molar-refractivity contribution in [3.8, 4) is 0 Å². The van der Waals surface area contributed by atoms with Crippen molar-refractivity contribution in [2.45, 2.75) is 90.5 Å². The van der Waals surface area contributed by atoms with Crippen molar-refractivity contribution in [1.29, 1.82) is 0 Å². The van der Waals surface area contributed by atoms with Crippen LogP contribution in [-0.4, -0.2) is 103 Å². The van der Waals surface area contributed by atoms with Crippen LogP contribution in [0.5, 0.6) is 0 Å². The zero-order chi connectivity index (χ0) is 25.7. The van der Waals surface area contributed by atoms with Crippen LogP contribution < -0.4 is 5.32 Å². The lowest BCUT2D eigenvalue weighted by molar-refractivity contribution is -0.298. The summed E-state index contributed by atoms with van der Waals surface area (Å²) in [7, 11) is 0. The van der Waals surface area contributed by atoms with Crippen LogP contribution in [0.4, 0.5) is 0 Å². The van der Waals surface area contributed by atoms with Gasteiger partial charge in [-0.25, -0.2) is 0 Å². The minimum absolute atomic E-state index is 0.0844. The first-order valence-electron chi connectivity index (χ1n) is 14.6. The Hall–Kier alpha value is -1.22. The second-order valence-electron chi connectivity index (χ2n) is 12.4. The molecular formula is C28H50N4O4. The summed E-state index contributed by atoms with van der Waals surface area (Å²) in [5.41, 5.74) is 0. The van der Waals surface area contributed by atoms with Gasteiger partial charge in [0.25, 0.3) is 0 Å². The molecule has 0 aromatic rings. The van der Waals surface area contributed by atoms with Crippen molar-refractivity contribution in [2.24, 2.45) is 17.8 Å². The fourth-order valence-electron chi connectivity index (χ4n) is 6.34. The number of amides is 2. The Balaban J connectivity index is 1.31. The van der Waals surface area contributed by atoms with Gasteiger partial charge in [0.2, 0.25) is 11.8 Å². The van der Waals surface area contributed by atoms with E-state index in [-0.39, 0.29) is 23.9 Å². The lowest BCUT2D eigenvalue weighted by Gasteiger charge is -2.47. The molecule has 206 valence electrons. The first-order chi connectivity index (χ1) is 17.3. The molecule has 4 saturated heterocycles. The largest absolute Gasteiger partial charge is 0.349 e. The van der Waals surface area contributed by atoms with Crippen LogP contribution in [0.1, 0.15) is 72.6 Å². The number of hydrogen-bond donors (Lipinski definition) is 1. The number of hydrogen-bond acceptors (Lipinski definition) is 6. The van der Waals surface area contributed by atoms with Gasteiger partial charge in [-0.1, -0.05) is 34.1 Å². The van der Waals surface area contributed by atoms with Crippen LogP contribution in [0.15, 0.2) is 0 Å². The molecule has 0 aliphatic carbocycles. The summed E-state index contributed by atoms with van der Waals surface area (Å²) in [6.07, 6.45) is 6.87. The van der Waals surface area contributed by atoms with Crippen molar-refractivity contribution in [3.63, 3.8) is 0 Å². The third-order valence-corrected chi connectivity index (χ3v) is 8.35. The van der Waals surface area contributed by atoms with E-state index in [1.807, 2.05) is 9.80 Å². The summed E-state index contributed by atoms with van der Waals surface area (Å²) in [6.45, 7) is 16.1. The second kappa shape index (κ2) is 12.5. The fraction of sp³-hybridized carbons (Fsp3) is 0.929. The molecule has 4 fully saturated rings. The number of piperidine rings is 2. The number of nitrogens with zero attached hydrogens (tertiary/aromatic N) is 3. The molecule has 0 aromatic carbocycles. The maximum absolute atomic E-state index is 13.8. The van der Waals surface area contributed by atoms with Gasteiger partial charge in [-0.3, -0.25) is 9.59 Å². The van der Waals surface area contributed by atoms with Gasteiger partial charge in [-0.2, -0.15) is 0 Å². The minimum atomic E-state index is -0.546. The predicted octanol–water partition coefficient (Wildman–Crippen LogP) is 2.72. The molecule has 1 spiro atoms. The number of nitrogens with one attached hydrogen (secondary N) is 1. The smallest absolute Gasteiger partial charge is 0.245 e. The average Bonchev–Trinajstić information content (AvgIpc) is 2.86. The van der Waals surface area contributed by atoms with E-state index in [4.69, 9.17) is 9.47 Å². The molecule has 4 rings (SSSR count). The number of piperazine rings is 1. The highest BCUT2D eigenvalue weighted by molar-refractivity contribution is 5.90. The summed E-state index contributed by atoms with van der Waals surface area (Å²) < 4.78 is 12.7. The molecular weight excluding hydrogens is 456 g/mol. The number of likely N-dealkylation sites (tertiary alicyclic amines) is 2. The van der Waals surface area contributed by atoms with Gasteiger partial charge < -0.3 is 29.5 Å². The molecule has 2 amide bonds. The topological polar surface area (TPSA) is 74.4 Å². The predicted molar refractivity (Wildman–Crippen MR) is 140 cm³/mol. The van der Waals surface area contributed by atoms with Gasteiger partial charge in [-0.05, 0) is 50.6 Å². The zero-order valence-corrected chi connectivity index (χ0v) is 23.2. The van der Waals surface area contributed by atoms with Crippen molar-refractivity contribution >= 4 is 11.8 Å². The molecule has 0 saturated carbocycles. The zero-order valence-electron chi connectivity index (χ0n) is 23.2. The van der Waals surface area contributed by atoms with Crippen LogP contribution in [0.2, 0.25) is 0 Å². The SMILES string of the molecule is CC(C)CC(C(=O)N1CCC2(CC1)OCC(CN1CCCCC1)CO2)N1CCN[C@@H](CC(C)C)C1=O. The first-order valence-corrected chi connectivity index (χ1v) is 14.6. The van der Waals surface area contributed by atoms with Crippen LogP contribution in [0.25, 0.3) is 0 Å². The molecule has 4 aliphatic rings. The van der Waals surface area contributed by atoms with E-state index >= 15 is 0 Å². The fourth-order valence-corrected chi connectivity index (χ4v) is 6.34. The van der Waals surface area contributed by atoms with Crippen LogP contribution in [0, 0.1) is 17.8 Å². The van der Waals surface area contributed by atoms with Gasteiger partial charge in [0, 0.05) is 51.5 Å². The molecule has 0 aromatic heterocycles. The molecule has 8 heteroatoms. The van der Waals surface area contributed by atoms with Gasteiger partial charge in [-0.15, -0.1) is 0 Å². The maximum Gasteiger partial charge on any atom is 0.245 e. The highest BCUT2D eigenvalue weighted by Crippen LogP contribution is 2.33. The van der Waals surface area contributed by atoms with Gasteiger partial charge in [0.1, 0.15) is 6.04 Å². The number of carbonyl (C=O) groups is 2. The Morgan fingerprint density at radius 3 is 2.25 bits per heavy atom. The Labute approximate surface area is 218 Å². The second-order valence-corrected chi connectivity index (χ2v) is 12.4. The van der Waals surface area contributed by atoms with Gasteiger partial charge >= 0.3 is 0 Å². The van der Waals surface area contributed by atoms with E-state index in [0.717, 1.165) is 32.7 Å². The third-order valence-electron chi connectivity index (χ3n) is 8.35. The minimum Gasteiger partial charge on any atom is -0.349 e. The molecule has 36 heavy (non-hydrogen) atoms. The Morgan fingerprint density at radius 1 is 0.972 bits per heavy atom. The Morgan fingerprint density at radius 2 is 1.64 bits per heavy atom. The molecule has 4 aliphatic heterocycles. The summed E-state index contributed by atoms with van der Waals surface area (Å²) in [5.74, 6) is 0.830. The van der Waals surface area contributed by atoms with E-state index in [9.17, 15) is 9.59 Å². The summed E-state index contributed by atoms with van der Waals surface area (Å²) in [6, 6.07) is -0.571. The average molecular weight is 507 g/mol. The molecule has 0 radical (unpaired) electrons. The summed E-state index contributed by atoms with van der Waals surface area (Å²) >= 11 is 0. The van der Waals surface area contributed by atoms with Crippen LogP contribution >= 0.6 is 0 Å². The molecule has 1 unspecified atom stereocenters. The summed E-state index contributed by atoms with van der Waals surface area (Å²) in [5, 5.41) is 3.37. The Bertz CT molecular complexity index is 721. The van der Waals surface area contributed by atoms with E-state index in [2.05, 4.69) is 37.9 Å². The summed E-state index contributed by atoms with van der Waals surface area (Å²) in [4.78, 5) is 33.5. The van der Waals surface area contributed by atoms with Crippen molar-refractivity contribution in [1.82, 2.24) is 20.0 Å². The number of carbonyl (C=O) groups excluding carboxylic acids is 2. The normalized spacial score (nSPS) is 27.3. The van der Waals surface area contributed by atoms with E-state index in [1.54, 1.807) is 0 Å². The standard InChI is InChI=1S/C28H50N4O4/c1-21(2)16-24-26(33)32(15-10-29-24)25(17-22(3)4)27(34)31-13-8-28(9-14-31)35-19-23(20-36-28)18-30-11-6-5-7-12-30/h21-25,29H,5-20H2,1-4H3/t24-,25?/m0/s1. The monoisotopic (exact) mass is 506 g/mol. The molecule has 1 N–H and O–H groups in total. The molecule has 0 bridgehead atoms. The number of rotatable bonds is 8. The third kappa shape index (κ3) is 7.00. The van der Waals surface area contributed by atoms with Gasteiger partial charge in [0.05, 0.1) is 19.3 Å². The molecule has 8 nitrogen and oxygen atoms in total. The van der Waals surface area contributed by atoms with Crippen molar-refractivity contribution in [2.75, 3.05) is 59.0 Å². The van der Waals surface area contributed by atoms with Crippen molar-refractivity contribution in [3.05, 3.63) is 0 Å². The highest BCUT2D eigenvalue weighted by Gasteiger charge is 2.44. The highest BCUT2D eigenvalue weighted by atomic mass is 16.7. The first kappa shape index (κ1) is 27.8. The Kier molecular flexibility index (Phi) is 9.69. The van der Waals surface area contributed by atoms with Crippen molar-refractivity contribution < 1.29 is 19.1 Å². The van der Waals surface area contributed by atoms with Gasteiger partial charge in [0.15, 0.2) is 5.79 Å². The van der Waals surface area contributed by atoms with E-state index in [0.29, 0.717) is 56.7 Å². The molecule has 4 heterocycles. The van der Waals surface area contributed by atoms with Crippen LogP contribution in [-0.2, 0) is 19.1 Å². The number of ether oxygens (including phenoxy) is 2. The molecule has 2 atom stereocenters. The lowest BCUT2D eigenvalue weighted by Crippen LogP contribution is -2.63. The van der Waals surface area contributed by atoms with E-state index < -0.39 is 5.79 Å².